The predicted molar refractivity (Wildman–Crippen MR) is 149 cm³/mol. The van der Waals surface area contributed by atoms with Gasteiger partial charge in [-0.15, -0.1) is 0 Å². The Morgan fingerprint density at radius 3 is 2.10 bits per heavy atom. The molecule has 8 heteroatoms. The van der Waals surface area contributed by atoms with Gasteiger partial charge in [-0.2, -0.15) is 0 Å². The number of aromatic nitrogens is 1. The summed E-state index contributed by atoms with van der Waals surface area (Å²) in [4.78, 5) is 54.8. The van der Waals surface area contributed by atoms with Gasteiger partial charge in [0.1, 0.15) is 5.71 Å². The topological polar surface area (TPSA) is 104 Å². The molecule has 0 saturated carbocycles. The average molecular weight is 527 g/mol. The number of fused-ring (bicyclic) bond motifs is 3. The molecule has 0 fully saturated rings. The SMILES string of the molecule is CCOC(=O)CC/C(=N\OC(C)=O)C(=O)c1ccc2c(c1)c1cc(C(=O)c3ccccc3C)ccc1n2CC. The molecule has 1 heterocycles. The number of hydrogen-bond acceptors (Lipinski definition) is 7. The van der Waals surface area contributed by atoms with Crippen molar-refractivity contribution in [3.05, 3.63) is 82.9 Å². The van der Waals surface area contributed by atoms with Crippen LogP contribution in [0.25, 0.3) is 21.8 Å². The fourth-order valence-electron chi connectivity index (χ4n) is 4.65. The summed E-state index contributed by atoms with van der Waals surface area (Å²) in [7, 11) is 0. The summed E-state index contributed by atoms with van der Waals surface area (Å²) in [5.41, 5.74) is 4.20. The molecule has 4 rings (SSSR count). The molecule has 0 aliphatic rings. The van der Waals surface area contributed by atoms with E-state index in [-0.39, 0.29) is 30.9 Å². The smallest absolute Gasteiger partial charge is 0.331 e. The number of nitrogens with zero attached hydrogens (tertiary/aromatic N) is 2. The maximum atomic E-state index is 13.4. The van der Waals surface area contributed by atoms with Crippen LogP contribution in [0.4, 0.5) is 0 Å². The van der Waals surface area contributed by atoms with Crippen molar-refractivity contribution in [2.45, 2.75) is 47.1 Å². The lowest BCUT2D eigenvalue weighted by Crippen LogP contribution is -2.18. The van der Waals surface area contributed by atoms with Crippen molar-refractivity contribution in [2.24, 2.45) is 5.16 Å². The van der Waals surface area contributed by atoms with Crippen LogP contribution in [0.3, 0.4) is 0 Å². The average Bonchev–Trinajstić information content (AvgIpc) is 3.24. The number of ether oxygens (including phenoxy) is 1. The van der Waals surface area contributed by atoms with Crippen molar-refractivity contribution >= 4 is 51.0 Å². The Hall–Kier alpha value is -4.59. The minimum atomic E-state index is -0.677. The number of oxime groups is 1. The van der Waals surface area contributed by atoms with Crippen LogP contribution in [0.15, 0.2) is 65.8 Å². The fraction of sp³-hybridized carbons (Fsp3) is 0.258. The van der Waals surface area contributed by atoms with Gasteiger partial charge in [-0.3, -0.25) is 14.4 Å². The van der Waals surface area contributed by atoms with Crippen LogP contribution in [-0.4, -0.2) is 40.4 Å². The van der Waals surface area contributed by atoms with E-state index in [0.29, 0.717) is 23.2 Å². The number of benzene rings is 3. The zero-order chi connectivity index (χ0) is 28.1. The van der Waals surface area contributed by atoms with Gasteiger partial charge < -0.3 is 14.1 Å². The van der Waals surface area contributed by atoms with Gasteiger partial charge in [-0.1, -0.05) is 29.4 Å². The Kier molecular flexibility index (Phi) is 8.34. The fourth-order valence-corrected chi connectivity index (χ4v) is 4.65. The monoisotopic (exact) mass is 526 g/mol. The number of ketones is 2. The van der Waals surface area contributed by atoms with Gasteiger partial charge >= 0.3 is 11.9 Å². The first-order valence-electron chi connectivity index (χ1n) is 12.9. The van der Waals surface area contributed by atoms with Gasteiger partial charge in [0.25, 0.3) is 0 Å². The van der Waals surface area contributed by atoms with Gasteiger partial charge in [0.05, 0.1) is 13.0 Å². The first-order chi connectivity index (χ1) is 18.7. The zero-order valence-electron chi connectivity index (χ0n) is 22.4. The first kappa shape index (κ1) is 27.4. The van der Waals surface area contributed by atoms with Crippen molar-refractivity contribution in [1.82, 2.24) is 4.57 Å². The van der Waals surface area contributed by atoms with E-state index in [4.69, 9.17) is 9.57 Å². The van der Waals surface area contributed by atoms with E-state index in [1.165, 1.54) is 6.92 Å². The third-order valence-electron chi connectivity index (χ3n) is 6.51. The van der Waals surface area contributed by atoms with Gasteiger partial charge in [0.15, 0.2) is 5.78 Å². The molecule has 0 aliphatic carbocycles. The van der Waals surface area contributed by atoms with E-state index < -0.39 is 17.7 Å². The molecule has 39 heavy (non-hydrogen) atoms. The molecule has 4 aromatic rings. The number of Topliss-reactive ketones (excluding diaryl/α,β-unsaturated/α-hetero) is 1. The summed E-state index contributed by atoms with van der Waals surface area (Å²) in [6.07, 6.45) is -0.129. The first-order valence-corrected chi connectivity index (χ1v) is 12.9. The zero-order valence-corrected chi connectivity index (χ0v) is 22.4. The highest BCUT2D eigenvalue weighted by Crippen LogP contribution is 2.32. The lowest BCUT2D eigenvalue weighted by molar-refractivity contribution is -0.143. The summed E-state index contributed by atoms with van der Waals surface area (Å²) >= 11 is 0. The summed E-state index contributed by atoms with van der Waals surface area (Å²) in [6.45, 7) is 7.72. The maximum Gasteiger partial charge on any atom is 0.331 e. The standard InChI is InChI=1S/C31H30N2O6/c1-5-33-27-14-11-21(30(36)23-10-8-7-9-19(23)3)17-24(27)25-18-22(12-15-28(25)33)31(37)26(32-39-20(4)34)13-16-29(35)38-6-2/h7-12,14-15,17-18H,5-6,13,16H2,1-4H3/b32-26+. The van der Waals surface area contributed by atoms with Gasteiger partial charge in [0.2, 0.25) is 5.78 Å². The molecule has 0 bridgehead atoms. The third kappa shape index (κ3) is 5.80. The number of carbonyl (C=O) groups is 4. The molecule has 8 nitrogen and oxygen atoms in total. The number of rotatable bonds is 10. The van der Waals surface area contributed by atoms with Crippen LogP contribution in [0, 0.1) is 6.92 Å². The minimum absolute atomic E-state index is 0.0468. The lowest BCUT2D eigenvalue weighted by atomic mass is 9.97. The number of carbonyl (C=O) groups excluding carboxylic acids is 4. The Morgan fingerprint density at radius 1 is 0.846 bits per heavy atom. The van der Waals surface area contributed by atoms with Crippen molar-refractivity contribution < 1.29 is 28.8 Å². The van der Waals surface area contributed by atoms with E-state index in [9.17, 15) is 19.2 Å². The minimum Gasteiger partial charge on any atom is -0.466 e. The van der Waals surface area contributed by atoms with Crippen LogP contribution in [0.5, 0.6) is 0 Å². The van der Waals surface area contributed by atoms with E-state index in [0.717, 1.165) is 27.4 Å². The molecule has 0 radical (unpaired) electrons. The second-order valence-electron chi connectivity index (χ2n) is 9.11. The van der Waals surface area contributed by atoms with E-state index in [2.05, 4.69) is 9.72 Å². The molecule has 0 unspecified atom stereocenters. The largest absolute Gasteiger partial charge is 0.466 e. The van der Waals surface area contributed by atoms with Gasteiger partial charge in [-0.25, -0.2) is 4.79 Å². The van der Waals surface area contributed by atoms with Crippen LogP contribution < -0.4 is 0 Å². The van der Waals surface area contributed by atoms with Crippen LogP contribution in [-0.2, 0) is 25.7 Å². The summed E-state index contributed by atoms with van der Waals surface area (Å²) < 4.78 is 7.07. The van der Waals surface area contributed by atoms with Crippen molar-refractivity contribution in [3.8, 4) is 0 Å². The summed E-state index contributed by atoms with van der Waals surface area (Å²) in [5, 5.41) is 5.37. The highest BCUT2D eigenvalue weighted by Gasteiger charge is 2.21. The summed E-state index contributed by atoms with van der Waals surface area (Å²) in [5.74, 6) is -1.70. The van der Waals surface area contributed by atoms with Crippen molar-refractivity contribution in [1.29, 1.82) is 0 Å². The Labute approximate surface area is 226 Å². The van der Waals surface area contributed by atoms with E-state index in [1.54, 1.807) is 19.1 Å². The van der Waals surface area contributed by atoms with Gasteiger partial charge in [0, 0.05) is 58.4 Å². The molecule has 0 amide bonds. The highest BCUT2D eigenvalue weighted by molar-refractivity contribution is 6.46. The molecule has 200 valence electrons. The Bertz CT molecular complexity index is 1630. The van der Waals surface area contributed by atoms with Crippen LogP contribution in [0.2, 0.25) is 0 Å². The lowest BCUT2D eigenvalue weighted by Gasteiger charge is -2.07. The Morgan fingerprint density at radius 2 is 1.49 bits per heavy atom. The maximum absolute atomic E-state index is 13.4. The molecule has 0 aliphatic heterocycles. The molecule has 0 N–H and O–H groups in total. The molecule has 0 spiro atoms. The second kappa shape index (κ2) is 11.9. The quantitative estimate of drug-likeness (QED) is 0.0851. The number of aryl methyl sites for hydroxylation is 2. The van der Waals surface area contributed by atoms with Gasteiger partial charge in [-0.05, 0) is 62.7 Å². The number of esters is 1. The second-order valence-corrected chi connectivity index (χ2v) is 9.11. The van der Waals surface area contributed by atoms with Crippen molar-refractivity contribution in [3.63, 3.8) is 0 Å². The molecule has 1 aromatic heterocycles. The third-order valence-corrected chi connectivity index (χ3v) is 6.51. The Balaban J connectivity index is 1.78. The summed E-state index contributed by atoms with van der Waals surface area (Å²) in [6, 6.07) is 18.4. The van der Waals surface area contributed by atoms with E-state index in [1.807, 2.05) is 62.4 Å². The van der Waals surface area contributed by atoms with Crippen LogP contribution >= 0.6 is 0 Å². The number of hydrogen-bond donors (Lipinski definition) is 0. The molecular formula is C31H30N2O6. The predicted octanol–water partition coefficient (Wildman–Crippen LogP) is 5.80. The van der Waals surface area contributed by atoms with Crippen molar-refractivity contribution in [2.75, 3.05) is 6.61 Å². The normalized spacial score (nSPS) is 11.5. The molecule has 0 saturated heterocycles. The van der Waals surface area contributed by atoms with Crippen LogP contribution in [0.1, 0.15) is 65.5 Å². The molecular weight excluding hydrogens is 496 g/mol. The molecule has 3 aromatic carbocycles. The molecule has 0 atom stereocenters. The highest BCUT2D eigenvalue weighted by atomic mass is 16.7. The van der Waals surface area contributed by atoms with E-state index >= 15 is 0 Å².